The van der Waals surface area contributed by atoms with E-state index in [-0.39, 0.29) is 5.92 Å². The van der Waals surface area contributed by atoms with Crippen LogP contribution >= 0.6 is 34.8 Å². The van der Waals surface area contributed by atoms with Crippen LogP contribution in [0.5, 0.6) is 0 Å². The third kappa shape index (κ3) is 3.51. The van der Waals surface area contributed by atoms with Gasteiger partial charge in [-0.1, -0.05) is 48.7 Å². The molecule has 0 atom stereocenters. The first kappa shape index (κ1) is 16.1. The zero-order valence-corrected chi connectivity index (χ0v) is 14.1. The highest BCUT2D eigenvalue weighted by Gasteiger charge is 2.16. The maximum Gasteiger partial charge on any atom is 0.139 e. The number of hydrogen-bond donors (Lipinski definition) is 2. The Bertz CT molecular complexity index is 659. The van der Waals surface area contributed by atoms with E-state index in [2.05, 4.69) is 34.4 Å². The van der Waals surface area contributed by atoms with Crippen LogP contribution in [0.25, 0.3) is 0 Å². The monoisotopic (exact) mass is 344 g/mol. The number of rotatable bonds is 4. The molecule has 112 valence electrons. The minimum atomic E-state index is 0.234. The third-order valence-corrected chi connectivity index (χ3v) is 4.00. The number of nitrogens with one attached hydrogen (secondary N) is 2. The molecule has 1 heterocycles. The van der Waals surface area contributed by atoms with Gasteiger partial charge in [0.15, 0.2) is 0 Å². The Morgan fingerprint density at radius 2 is 1.57 bits per heavy atom. The molecule has 0 amide bonds. The van der Waals surface area contributed by atoms with Gasteiger partial charge in [0, 0.05) is 12.6 Å². The van der Waals surface area contributed by atoms with Crippen molar-refractivity contribution in [1.82, 2.24) is 9.97 Å². The Labute approximate surface area is 138 Å². The average Bonchev–Trinajstić information content (AvgIpc) is 2.44. The van der Waals surface area contributed by atoms with Crippen LogP contribution in [0.2, 0.25) is 15.1 Å². The van der Waals surface area contributed by atoms with Crippen LogP contribution in [0.3, 0.4) is 0 Å². The van der Waals surface area contributed by atoms with E-state index < -0.39 is 0 Å². The molecule has 0 unspecified atom stereocenters. The summed E-state index contributed by atoms with van der Waals surface area (Å²) in [5, 5.41) is 7.58. The van der Waals surface area contributed by atoms with Gasteiger partial charge in [0.05, 0.1) is 20.8 Å². The van der Waals surface area contributed by atoms with Crippen LogP contribution in [0, 0.1) is 0 Å². The van der Waals surface area contributed by atoms with Crippen molar-refractivity contribution in [2.75, 3.05) is 17.7 Å². The molecule has 2 N–H and O–H groups in total. The summed E-state index contributed by atoms with van der Waals surface area (Å²) < 4.78 is 0. The van der Waals surface area contributed by atoms with Gasteiger partial charge in [-0.05, 0) is 18.1 Å². The molecule has 0 fully saturated rings. The minimum Gasteiger partial charge on any atom is -0.373 e. The van der Waals surface area contributed by atoms with E-state index in [1.807, 2.05) is 7.05 Å². The van der Waals surface area contributed by atoms with Gasteiger partial charge in [-0.25, -0.2) is 9.97 Å². The molecule has 2 rings (SSSR count). The van der Waals surface area contributed by atoms with Crippen molar-refractivity contribution in [3.63, 3.8) is 0 Å². The summed E-state index contributed by atoms with van der Waals surface area (Å²) in [6.45, 7) is 4.14. The van der Waals surface area contributed by atoms with Crippen LogP contribution in [0.4, 0.5) is 17.3 Å². The van der Waals surface area contributed by atoms with Gasteiger partial charge in [0.25, 0.3) is 0 Å². The summed E-state index contributed by atoms with van der Waals surface area (Å²) in [6.07, 6.45) is 1.49. The maximum atomic E-state index is 6.19. The molecule has 0 saturated heterocycles. The first-order chi connectivity index (χ1) is 9.93. The van der Waals surface area contributed by atoms with Crippen LogP contribution in [0.1, 0.15) is 25.3 Å². The van der Waals surface area contributed by atoms with Crippen LogP contribution in [0.15, 0.2) is 18.5 Å². The topological polar surface area (TPSA) is 49.8 Å². The second kappa shape index (κ2) is 6.69. The van der Waals surface area contributed by atoms with E-state index >= 15 is 0 Å². The van der Waals surface area contributed by atoms with Gasteiger partial charge >= 0.3 is 0 Å². The Morgan fingerprint density at radius 1 is 0.952 bits per heavy atom. The lowest BCUT2D eigenvalue weighted by molar-refractivity contribution is 0.852. The largest absolute Gasteiger partial charge is 0.373 e. The Kier molecular flexibility index (Phi) is 5.14. The summed E-state index contributed by atoms with van der Waals surface area (Å²) in [6, 6.07) is 3.28. The molecule has 4 nitrogen and oxygen atoms in total. The first-order valence-corrected chi connectivity index (χ1v) is 7.51. The van der Waals surface area contributed by atoms with Crippen molar-refractivity contribution in [2.24, 2.45) is 0 Å². The zero-order chi connectivity index (χ0) is 15.6. The van der Waals surface area contributed by atoms with Crippen molar-refractivity contribution < 1.29 is 0 Å². The number of halogens is 3. The van der Waals surface area contributed by atoms with Gasteiger partial charge in [0.1, 0.15) is 18.0 Å². The summed E-state index contributed by atoms with van der Waals surface area (Å²) in [5.41, 5.74) is 1.62. The number of aromatic nitrogens is 2. The van der Waals surface area contributed by atoms with E-state index in [0.717, 1.165) is 11.4 Å². The molecule has 0 aliphatic rings. The molecule has 1 aromatic heterocycles. The van der Waals surface area contributed by atoms with Crippen LogP contribution in [-0.4, -0.2) is 17.0 Å². The second-order valence-electron chi connectivity index (χ2n) is 4.76. The Balaban J connectivity index is 2.47. The van der Waals surface area contributed by atoms with Gasteiger partial charge in [-0.15, -0.1) is 0 Å². The number of nitrogens with zero attached hydrogens (tertiary/aromatic N) is 2. The van der Waals surface area contributed by atoms with E-state index in [0.29, 0.717) is 26.6 Å². The van der Waals surface area contributed by atoms with Crippen molar-refractivity contribution in [3.05, 3.63) is 39.1 Å². The fourth-order valence-electron chi connectivity index (χ4n) is 1.99. The van der Waals surface area contributed by atoms with E-state index in [1.54, 1.807) is 12.1 Å². The number of hydrogen-bond acceptors (Lipinski definition) is 4. The lowest BCUT2D eigenvalue weighted by atomic mass is 10.0. The fourth-order valence-corrected chi connectivity index (χ4v) is 2.58. The molecule has 0 bridgehead atoms. The lowest BCUT2D eigenvalue weighted by Crippen LogP contribution is -2.07. The average molecular weight is 346 g/mol. The minimum absolute atomic E-state index is 0.234. The highest BCUT2D eigenvalue weighted by Crippen LogP contribution is 2.36. The van der Waals surface area contributed by atoms with Gasteiger partial charge < -0.3 is 10.6 Å². The number of benzene rings is 1. The molecule has 1 aromatic carbocycles. The van der Waals surface area contributed by atoms with Gasteiger partial charge in [-0.2, -0.15) is 0 Å². The van der Waals surface area contributed by atoms with Crippen LogP contribution < -0.4 is 10.6 Å². The van der Waals surface area contributed by atoms with Crippen molar-refractivity contribution in [3.8, 4) is 0 Å². The highest BCUT2D eigenvalue weighted by atomic mass is 35.5. The number of anilines is 3. The highest BCUT2D eigenvalue weighted by molar-refractivity contribution is 6.44. The molecule has 0 aliphatic heterocycles. The maximum absolute atomic E-state index is 6.19. The summed E-state index contributed by atoms with van der Waals surface area (Å²) in [4.78, 5) is 8.53. The molecule has 0 saturated carbocycles. The summed E-state index contributed by atoms with van der Waals surface area (Å²) in [5.74, 6) is 1.70. The van der Waals surface area contributed by atoms with E-state index in [4.69, 9.17) is 34.8 Å². The molecule has 7 heteroatoms. The summed E-state index contributed by atoms with van der Waals surface area (Å²) in [7, 11) is 1.82. The van der Waals surface area contributed by atoms with E-state index in [1.165, 1.54) is 6.33 Å². The molecule has 0 spiro atoms. The summed E-state index contributed by atoms with van der Waals surface area (Å²) >= 11 is 18.2. The first-order valence-electron chi connectivity index (χ1n) is 6.38. The van der Waals surface area contributed by atoms with Crippen LogP contribution in [-0.2, 0) is 0 Å². The molecular formula is C14H15Cl3N4. The Morgan fingerprint density at radius 3 is 2.19 bits per heavy atom. The molecular weight excluding hydrogens is 331 g/mol. The predicted molar refractivity (Wildman–Crippen MR) is 90.4 cm³/mol. The third-order valence-electron chi connectivity index (χ3n) is 2.96. The van der Waals surface area contributed by atoms with Crippen molar-refractivity contribution in [1.29, 1.82) is 0 Å². The predicted octanol–water partition coefficient (Wildman–Crippen LogP) is 5.35. The van der Waals surface area contributed by atoms with Gasteiger partial charge in [-0.3, -0.25) is 0 Å². The SMILES string of the molecule is CNc1ncnc(Nc2cc(Cl)c(Cl)cc2Cl)c1C(C)C. The van der Waals surface area contributed by atoms with E-state index in [9.17, 15) is 0 Å². The second-order valence-corrected chi connectivity index (χ2v) is 5.98. The molecule has 0 radical (unpaired) electrons. The smallest absolute Gasteiger partial charge is 0.139 e. The quantitative estimate of drug-likeness (QED) is 0.734. The fraction of sp³-hybridized carbons (Fsp3) is 0.286. The zero-order valence-electron chi connectivity index (χ0n) is 11.8. The molecule has 2 aromatic rings. The van der Waals surface area contributed by atoms with Crippen molar-refractivity contribution >= 4 is 52.1 Å². The van der Waals surface area contributed by atoms with Crippen molar-refractivity contribution in [2.45, 2.75) is 19.8 Å². The molecule has 21 heavy (non-hydrogen) atoms. The normalized spacial score (nSPS) is 10.8. The van der Waals surface area contributed by atoms with Gasteiger partial charge in [0.2, 0.25) is 0 Å². The lowest BCUT2D eigenvalue weighted by Gasteiger charge is -2.17. The molecule has 0 aliphatic carbocycles. The Hall–Kier alpha value is -1.23. The standard InChI is InChI=1S/C14H15Cl3N4/c1-7(2)12-13(18-3)19-6-20-14(12)21-11-5-9(16)8(15)4-10(11)17/h4-7H,1-3H3,(H2,18,19,20,21).